The van der Waals surface area contributed by atoms with Crippen molar-refractivity contribution >= 4 is 11.9 Å². The van der Waals surface area contributed by atoms with Crippen LogP contribution in [0.2, 0.25) is 0 Å². The number of carbonyl (C=O) groups excluding carboxylic acids is 1. The second-order valence-electron chi connectivity index (χ2n) is 6.71. The van der Waals surface area contributed by atoms with E-state index in [1.165, 1.54) is 24.3 Å². The first-order valence-electron chi connectivity index (χ1n) is 8.61. The molecule has 1 heterocycles. The normalized spacial score (nSPS) is 22.0. The van der Waals surface area contributed by atoms with Gasteiger partial charge in [-0.25, -0.2) is 9.18 Å². The van der Waals surface area contributed by atoms with E-state index in [1.54, 1.807) is 4.90 Å². The Morgan fingerprint density at radius 2 is 1.92 bits per heavy atom. The molecule has 134 valence electrons. The maximum absolute atomic E-state index is 13.0. The molecule has 6 heteroatoms. The number of carboxylic acids is 1. The van der Waals surface area contributed by atoms with E-state index < -0.39 is 17.4 Å². The minimum atomic E-state index is -1.37. The fourth-order valence-corrected chi connectivity index (χ4v) is 3.42. The summed E-state index contributed by atoms with van der Waals surface area (Å²) >= 11 is 0. The topological polar surface area (TPSA) is 66.8 Å². The molecule has 0 spiro atoms. The van der Waals surface area contributed by atoms with Gasteiger partial charge in [-0.15, -0.1) is 0 Å². The third-order valence-electron chi connectivity index (χ3n) is 4.99. The van der Waals surface area contributed by atoms with Crippen LogP contribution in [-0.2, 0) is 9.59 Å². The number of allylic oxidation sites excluding steroid dienone is 2. The first kappa shape index (κ1) is 17.5. The molecule has 25 heavy (non-hydrogen) atoms. The van der Waals surface area contributed by atoms with Crippen molar-refractivity contribution in [2.75, 3.05) is 13.1 Å². The van der Waals surface area contributed by atoms with Crippen molar-refractivity contribution in [2.45, 2.75) is 37.7 Å². The number of ether oxygens (including phenoxy) is 1. The summed E-state index contributed by atoms with van der Waals surface area (Å²) in [5, 5.41) is 9.65. The van der Waals surface area contributed by atoms with Gasteiger partial charge in [0.1, 0.15) is 11.6 Å². The maximum Gasteiger partial charge on any atom is 0.348 e. The molecule has 0 saturated carbocycles. The summed E-state index contributed by atoms with van der Waals surface area (Å²) < 4.78 is 18.7. The van der Waals surface area contributed by atoms with Gasteiger partial charge in [-0.05, 0) is 43.0 Å². The highest BCUT2D eigenvalue weighted by Gasteiger charge is 2.45. The van der Waals surface area contributed by atoms with Crippen molar-refractivity contribution in [3.05, 3.63) is 42.2 Å². The van der Waals surface area contributed by atoms with Crippen LogP contribution in [0, 0.1) is 11.7 Å². The SMILES string of the molecule is O=C(C[C@H]1C=CCC1)N1CCC(Oc2ccc(F)cc2)(C(=O)O)CC1. The third kappa shape index (κ3) is 4.00. The van der Waals surface area contributed by atoms with Crippen LogP contribution in [-0.4, -0.2) is 40.6 Å². The number of carbonyl (C=O) groups is 2. The minimum Gasteiger partial charge on any atom is -0.478 e. The molecule has 0 unspecified atom stereocenters. The zero-order chi connectivity index (χ0) is 17.9. The second-order valence-corrected chi connectivity index (χ2v) is 6.71. The summed E-state index contributed by atoms with van der Waals surface area (Å²) in [7, 11) is 0. The van der Waals surface area contributed by atoms with E-state index in [4.69, 9.17) is 4.74 Å². The predicted octanol–water partition coefficient (Wildman–Crippen LogP) is 3.01. The van der Waals surface area contributed by atoms with Gasteiger partial charge in [-0.3, -0.25) is 4.79 Å². The number of piperidine rings is 1. The van der Waals surface area contributed by atoms with Crippen LogP contribution in [0.3, 0.4) is 0 Å². The minimum absolute atomic E-state index is 0.0670. The van der Waals surface area contributed by atoms with E-state index in [0.29, 0.717) is 31.2 Å². The molecular weight excluding hydrogens is 325 g/mol. The van der Waals surface area contributed by atoms with Crippen LogP contribution in [0.25, 0.3) is 0 Å². The number of benzene rings is 1. The number of carboxylic acid groups (broad SMARTS) is 1. The van der Waals surface area contributed by atoms with Crippen LogP contribution < -0.4 is 4.74 Å². The van der Waals surface area contributed by atoms with Crippen molar-refractivity contribution in [3.8, 4) is 5.75 Å². The average molecular weight is 347 g/mol. The Labute approximate surface area is 146 Å². The van der Waals surface area contributed by atoms with Crippen molar-refractivity contribution < 1.29 is 23.8 Å². The molecule has 1 aromatic carbocycles. The molecule has 1 N–H and O–H groups in total. The Morgan fingerprint density at radius 1 is 1.24 bits per heavy atom. The van der Waals surface area contributed by atoms with Crippen LogP contribution >= 0.6 is 0 Å². The van der Waals surface area contributed by atoms with Crippen molar-refractivity contribution in [3.63, 3.8) is 0 Å². The molecule has 1 amide bonds. The lowest BCUT2D eigenvalue weighted by atomic mass is 9.90. The molecule has 1 saturated heterocycles. The van der Waals surface area contributed by atoms with Gasteiger partial charge in [0.15, 0.2) is 0 Å². The second kappa shape index (κ2) is 7.25. The summed E-state index contributed by atoms with van der Waals surface area (Å²) in [5.41, 5.74) is -1.37. The Balaban J connectivity index is 1.61. The third-order valence-corrected chi connectivity index (χ3v) is 4.99. The number of aliphatic carboxylic acids is 1. The summed E-state index contributed by atoms with van der Waals surface area (Å²) in [6.45, 7) is 0.700. The van der Waals surface area contributed by atoms with Gasteiger partial charge in [0, 0.05) is 32.4 Å². The largest absolute Gasteiger partial charge is 0.478 e. The van der Waals surface area contributed by atoms with Crippen molar-refractivity contribution in [1.82, 2.24) is 4.90 Å². The highest BCUT2D eigenvalue weighted by Crippen LogP contribution is 2.30. The standard InChI is InChI=1S/C19H22FNO4/c20-15-5-7-16(8-6-15)25-19(18(23)24)9-11-21(12-10-19)17(22)13-14-3-1-2-4-14/h1,3,5-8,14H,2,4,9-13H2,(H,23,24)/t14-/m0/s1. The maximum atomic E-state index is 13.0. The molecule has 2 aliphatic rings. The number of rotatable bonds is 5. The number of likely N-dealkylation sites (tertiary alicyclic amines) is 1. The molecule has 0 bridgehead atoms. The first-order valence-corrected chi connectivity index (χ1v) is 8.61. The Kier molecular flexibility index (Phi) is 5.06. The van der Waals surface area contributed by atoms with Crippen LogP contribution in [0.5, 0.6) is 5.75 Å². The van der Waals surface area contributed by atoms with Gasteiger partial charge in [0.25, 0.3) is 0 Å². The molecule has 0 aromatic heterocycles. The number of halogens is 1. The van der Waals surface area contributed by atoms with E-state index >= 15 is 0 Å². The fourth-order valence-electron chi connectivity index (χ4n) is 3.42. The molecule has 1 atom stereocenters. The molecule has 0 radical (unpaired) electrons. The molecule has 5 nitrogen and oxygen atoms in total. The van der Waals surface area contributed by atoms with Gasteiger partial charge in [-0.1, -0.05) is 12.2 Å². The molecule has 1 aliphatic carbocycles. The zero-order valence-electron chi connectivity index (χ0n) is 14.0. The quantitative estimate of drug-likeness (QED) is 0.832. The Morgan fingerprint density at radius 3 is 2.48 bits per heavy atom. The lowest BCUT2D eigenvalue weighted by molar-refractivity contribution is -0.162. The monoisotopic (exact) mass is 347 g/mol. The predicted molar refractivity (Wildman–Crippen MR) is 89.7 cm³/mol. The van der Waals surface area contributed by atoms with Gasteiger partial charge >= 0.3 is 5.97 Å². The van der Waals surface area contributed by atoms with Gasteiger partial charge < -0.3 is 14.7 Å². The number of amides is 1. The number of hydrogen-bond acceptors (Lipinski definition) is 3. The van der Waals surface area contributed by atoms with E-state index in [0.717, 1.165) is 12.8 Å². The zero-order valence-corrected chi connectivity index (χ0v) is 14.0. The molecule has 1 fully saturated rings. The molecular formula is C19H22FNO4. The highest BCUT2D eigenvalue weighted by molar-refractivity contribution is 5.80. The van der Waals surface area contributed by atoms with E-state index in [9.17, 15) is 19.1 Å². The molecule has 1 aromatic rings. The highest BCUT2D eigenvalue weighted by atomic mass is 19.1. The van der Waals surface area contributed by atoms with E-state index in [-0.39, 0.29) is 18.7 Å². The summed E-state index contributed by atoms with van der Waals surface area (Å²) in [6.07, 6.45) is 7.12. The van der Waals surface area contributed by atoms with Gasteiger partial charge in [-0.2, -0.15) is 0 Å². The number of hydrogen-bond donors (Lipinski definition) is 1. The van der Waals surface area contributed by atoms with Gasteiger partial charge in [0.05, 0.1) is 0 Å². The van der Waals surface area contributed by atoms with Crippen molar-refractivity contribution in [1.29, 1.82) is 0 Å². The molecule has 1 aliphatic heterocycles. The lowest BCUT2D eigenvalue weighted by Crippen LogP contribution is -2.54. The van der Waals surface area contributed by atoms with Crippen LogP contribution in [0.15, 0.2) is 36.4 Å². The summed E-state index contributed by atoms with van der Waals surface area (Å²) in [4.78, 5) is 25.9. The lowest BCUT2D eigenvalue weighted by Gasteiger charge is -2.39. The van der Waals surface area contributed by atoms with Gasteiger partial charge in [0.2, 0.25) is 11.5 Å². The van der Waals surface area contributed by atoms with E-state index in [1.807, 2.05) is 0 Å². The summed E-state index contributed by atoms with van der Waals surface area (Å²) in [6, 6.07) is 5.31. The Hall–Kier alpha value is -2.37. The molecule has 3 rings (SSSR count). The van der Waals surface area contributed by atoms with E-state index in [2.05, 4.69) is 12.2 Å². The van der Waals surface area contributed by atoms with Crippen molar-refractivity contribution in [2.24, 2.45) is 5.92 Å². The summed E-state index contributed by atoms with van der Waals surface area (Å²) in [5.74, 6) is -0.771. The first-order chi connectivity index (χ1) is 12.0. The number of nitrogens with zero attached hydrogens (tertiary/aromatic N) is 1. The smallest absolute Gasteiger partial charge is 0.348 e. The average Bonchev–Trinajstić information content (AvgIpc) is 3.10. The fraction of sp³-hybridized carbons (Fsp3) is 0.474. The van der Waals surface area contributed by atoms with Crippen LogP contribution in [0.1, 0.15) is 32.1 Å². The van der Waals surface area contributed by atoms with Crippen LogP contribution in [0.4, 0.5) is 4.39 Å². The Bertz CT molecular complexity index is 663.